The predicted molar refractivity (Wildman–Crippen MR) is 97.3 cm³/mol. The van der Waals surface area contributed by atoms with Crippen molar-refractivity contribution in [3.05, 3.63) is 67.9 Å². The number of rotatable bonds is 5. The SMILES string of the molecule is CN(Cc1c(F)cccc1Cl)C(=O)COC(=O)c1cc(Br)ccc1Cl. The summed E-state index contributed by atoms with van der Waals surface area (Å²) in [6.07, 6.45) is 0. The molecule has 0 N–H and O–H groups in total. The Morgan fingerprint density at radius 3 is 2.60 bits per heavy atom. The minimum Gasteiger partial charge on any atom is -0.452 e. The van der Waals surface area contributed by atoms with E-state index in [1.54, 1.807) is 6.07 Å². The zero-order chi connectivity index (χ0) is 18.6. The van der Waals surface area contributed by atoms with Crippen molar-refractivity contribution in [1.82, 2.24) is 4.90 Å². The fraction of sp³-hybridized carbons (Fsp3) is 0.176. The zero-order valence-electron chi connectivity index (χ0n) is 13.1. The Morgan fingerprint density at radius 2 is 1.92 bits per heavy atom. The van der Waals surface area contributed by atoms with Crippen LogP contribution in [-0.4, -0.2) is 30.4 Å². The number of carbonyl (C=O) groups is 2. The van der Waals surface area contributed by atoms with E-state index in [1.807, 2.05) is 0 Å². The average molecular weight is 449 g/mol. The molecule has 0 aliphatic heterocycles. The number of likely N-dealkylation sites (N-methyl/N-ethyl adjacent to an activating group) is 1. The number of hydrogen-bond donors (Lipinski definition) is 0. The van der Waals surface area contributed by atoms with Gasteiger partial charge in [-0.3, -0.25) is 4.79 Å². The lowest BCUT2D eigenvalue weighted by atomic mass is 10.2. The van der Waals surface area contributed by atoms with Crippen molar-refractivity contribution in [2.75, 3.05) is 13.7 Å². The molecule has 0 aliphatic carbocycles. The van der Waals surface area contributed by atoms with Crippen LogP contribution in [0.1, 0.15) is 15.9 Å². The number of hydrogen-bond acceptors (Lipinski definition) is 3. The van der Waals surface area contributed by atoms with E-state index in [9.17, 15) is 14.0 Å². The van der Waals surface area contributed by atoms with E-state index in [2.05, 4.69) is 15.9 Å². The number of carbonyl (C=O) groups excluding carboxylic acids is 2. The topological polar surface area (TPSA) is 46.6 Å². The molecule has 0 atom stereocenters. The first-order valence-electron chi connectivity index (χ1n) is 7.08. The number of halogens is 4. The Kier molecular flexibility index (Phi) is 6.81. The fourth-order valence-electron chi connectivity index (χ4n) is 1.98. The Labute approximate surface area is 162 Å². The molecule has 0 saturated carbocycles. The molecular formula is C17H13BrCl2FNO3. The second-order valence-electron chi connectivity index (χ2n) is 5.15. The van der Waals surface area contributed by atoms with Crippen molar-refractivity contribution >= 4 is 51.0 Å². The number of nitrogens with zero attached hydrogens (tertiary/aromatic N) is 1. The molecule has 25 heavy (non-hydrogen) atoms. The van der Waals surface area contributed by atoms with Crippen LogP contribution in [0, 0.1) is 5.82 Å². The highest BCUT2D eigenvalue weighted by Crippen LogP contribution is 2.22. The number of ether oxygens (including phenoxy) is 1. The third-order valence-corrected chi connectivity index (χ3v) is 4.53. The average Bonchev–Trinajstić information content (AvgIpc) is 2.57. The van der Waals surface area contributed by atoms with Crippen LogP contribution in [0.5, 0.6) is 0 Å². The molecule has 0 unspecified atom stereocenters. The Morgan fingerprint density at radius 1 is 1.20 bits per heavy atom. The summed E-state index contributed by atoms with van der Waals surface area (Å²) in [6.45, 7) is -0.538. The monoisotopic (exact) mass is 447 g/mol. The highest BCUT2D eigenvalue weighted by atomic mass is 79.9. The number of esters is 1. The number of benzene rings is 2. The van der Waals surface area contributed by atoms with Crippen molar-refractivity contribution in [2.45, 2.75) is 6.54 Å². The van der Waals surface area contributed by atoms with E-state index in [-0.39, 0.29) is 27.7 Å². The van der Waals surface area contributed by atoms with E-state index >= 15 is 0 Å². The van der Waals surface area contributed by atoms with Gasteiger partial charge in [-0.2, -0.15) is 0 Å². The Balaban J connectivity index is 1.97. The van der Waals surface area contributed by atoms with E-state index in [0.717, 1.165) is 0 Å². The van der Waals surface area contributed by atoms with Crippen LogP contribution < -0.4 is 0 Å². The van der Waals surface area contributed by atoms with Gasteiger partial charge in [0.25, 0.3) is 5.91 Å². The van der Waals surface area contributed by atoms with E-state index < -0.39 is 24.3 Å². The summed E-state index contributed by atoms with van der Waals surface area (Å²) < 4.78 is 19.4. The van der Waals surface area contributed by atoms with Gasteiger partial charge in [0.05, 0.1) is 10.6 Å². The molecule has 0 saturated heterocycles. The molecule has 2 rings (SSSR count). The van der Waals surface area contributed by atoms with Crippen molar-refractivity contribution in [3.8, 4) is 0 Å². The molecule has 0 heterocycles. The standard InChI is InChI=1S/C17H13BrCl2FNO3/c1-22(8-12-13(19)3-2-4-15(12)21)16(23)9-25-17(24)11-7-10(18)5-6-14(11)20/h2-7H,8-9H2,1H3. The maximum Gasteiger partial charge on any atom is 0.340 e. The first kappa shape index (κ1) is 19.7. The molecule has 8 heteroatoms. The van der Waals surface area contributed by atoms with Gasteiger partial charge >= 0.3 is 5.97 Å². The summed E-state index contributed by atoms with van der Waals surface area (Å²) >= 11 is 15.1. The van der Waals surface area contributed by atoms with Crippen molar-refractivity contribution in [2.24, 2.45) is 0 Å². The lowest BCUT2D eigenvalue weighted by Crippen LogP contribution is -2.31. The van der Waals surface area contributed by atoms with Gasteiger partial charge in [0.1, 0.15) is 5.82 Å². The van der Waals surface area contributed by atoms with Crippen LogP contribution in [-0.2, 0) is 16.1 Å². The van der Waals surface area contributed by atoms with Gasteiger partial charge in [-0.05, 0) is 30.3 Å². The molecule has 2 aromatic rings. The molecule has 0 bridgehead atoms. The Hall–Kier alpha value is -1.63. The summed E-state index contributed by atoms with van der Waals surface area (Å²) in [5.74, 6) is -1.74. The normalized spacial score (nSPS) is 10.4. The van der Waals surface area contributed by atoms with Crippen LogP contribution in [0.2, 0.25) is 10.0 Å². The summed E-state index contributed by atoms with van der Waals surface area (Å²) in [5, 5.41) is 0.435. The third-order valence-electron chi connectivity index (χ3n) is 3.36. The minimum absolute atomic E-state index is 0.0421. The molecule has 132 valence electrons. The van der Waals surface area contributed by atoms with E-state index in [0.29, 0.717) is 4.47 Å². The molecule has 4 nitrogen and oxygen atoms in total. The Bertz CT molecular complexity index is 796. The van der Waals surface area contributed by atoms with E-state index in [4.69, 9.17) is 27.9 Å². The summed E-state index contributed by atoms with van der Waals surface area (Å²) in [4.78, 5) is 25.4. The van der Waals surface area contributed by atoms with Crippen molar-refractivity contribution < 1.29 is 18.7 Å². The molecule has 2 aromatic carbocycles. The molecule has 1 amide bonds. The quantitative estimate of drug-likeness (QED) is 0.622. The first-order valence-corrected chi connectivity index (χ1v) is 8.63. The highest BCUT2D eigenvalue weighted by Gasteiger charge is 2.18. The predicted octanol–water partition coefficient (Wildman–Crippen LogP) is 4.71. The second-order valence-corrected chi connectivity index (χ2v) is 6.88. The lowest BCUT2D eigenvalue weighted by molar-refractivity contribution is -0.133. The molecular weight excluding hydrogens is 436 g/mol. The van der Waals surface area contributed by atoms with Gasteiger partial charge in [0.15, 0.2) is 6.61 Å². The van der Waals surface area contributed by atoms with Crippen LogP contribution in [0.3, 0.4) is 0 Å². The largest absolute Gasteiger partial charge is 0.452 e. The van der Waals surface area contributed by atoms with Crippen LogP contribution >= 0.6 is 39.1 Å². The zero-order valence-corrected chi connectivity index (χ0v) is 16.2. The number of amides is 1. The molecule has 0 aromatic heterocycles. The summed E-state index contributed by atoms with van der Waals surface area (Å²) in [5.41, 5.74) is 0.338. The van der Waals surface area contributed by atoms with Gasteiger partial charge in [-0.1, -0.05) is 45.2 Å². The van der Waals surface area contributed by atoms with Crippen LogP contribution in [0.15, 0.2) is 40.9 Å². The van der Waals surface area contributed by atoms with Gasteiger partial charge in [0.2, 0.25) is 0 Å². The third kappa shape index (κ3) is 5.17. The molecule has 0 aliphatic rings. The molecule has 0 fully saturated rings. The van der Waals surface area contributed by atoms with Gasteiger partial charge in [-0.25, -0.2) is 9.18 Å². The maximum absolute atomic E-state index is 13.8. The van der Waals surface area contributed by atoms with Crippen LogP contribution in [0.4, 0.5) is 4.39 Å². The smallest absolute Gasteiger partial charge is 0.340 e. The van der Waals surface area contributed by atoms with Gasteiger partial charge in [-0.15, -0.1) is 0 Å². The second kappa shape index (κ2) is 8.65. The fourth-order valence-corrected chi connectivity index (χ4v) is 2.76. The van der Waals surface area contributed by atoms with Crippen molar-refractivity contribution in [1.29, 1.82) is 0 Å². The highest BCUT2D eigenvalue weighted by molar-refractivity contribution is 9.10. The lowest BCUT2D eigenvalue weighted by Gasteiger charge is -2.18. The van der Waals surface area contributed by atoms with Crippen LogP contribution in [0.25, 0.3) is 0 Å². The van der Waals surface area contributed by atoms with Gasteiger partial charge in [0, 0.05) is 28.7 Å². The molecule has 0 spiro atoms. The summed E-state index contributed by atoms with van der Waals surface area (Å²) in [6, 6.07) is 8.99. The maximum atomic E-state index is 13.8. The van der Waals surface area contributed by atoms with E-state index in [1.165, 1.54) is 42.3 Å². The van der Waals surface area contributed by atoms with Gasteiger partial charge < -0.3 is 9.64 Å². The summed E-state index contributed by atoms with van der Waals surface area (Å²) in [7, 11) is 1.46. The van der Waals surface area contributed by atoms with Crippen molar-refractivity contribution in [3.63, 3.8) is 0 Å². The molecule has 0 radical (unpaired) electrons. The minimum atomic E-state index is -0.725. The first-order chi connectivity index (χ1) is 11.8.